The van der Waals surface area contributed by atoms with Gasteiger partial charge in [0.25, 0.3) is 0 Å². The zero-order valence-electron chi connectivity index (χ0n) is 17.2. The average molecular weight is 452 g/mol. The second kappa shape index (κ2) is 9.19. The molecule has 2 atom stereocenters. The van der Waals surface area contributed by atoms with Gasteiger partial charge < -0.3 is 24.5 Å². The quantitative estimate of drug-likeness (QED) is 0.412. The van der Waals surface area contributed by atoms with Gasteiger partial charge in [0.1, 0.15) is 17.6 Å². The number of methoxy groups -OCH3 is 1. The molecule has 32 heavy (non-hydrogen) atoms. The normalized spacial score (nSPS) is 17.8. The smallest absolute Gasteiger partial charge is 0.335 e. The van der Waals surface area contributed by atoms with E-state index in [4.69, 9.17) is 26.5 Å². The Morgan fingerprint density at radius 1 is 1.19 bits per heavy atom. The van der Waals surface area contributed by atoms with Crippen LogP contribution in [0.3, 0.4) is 0 Å². The number of rotatable bonds is 7. The highest BCUT2D eigenvalue weighted by molar-refractivity contribution is 7.80. The molecule has 1 aromatic carbocycles. The summed E-state index contributed by atoms with van der Waals surface area (Å²) in [6.45, 7) is 0.357. The summed E-state index contributed by atoms with van der Waals surface area (Å²) >= 11 is 5.56. The molecule has 3 aromatic rings. The number of aromatic nitrogens is 1. The maximum atomic E-state index is 11.7. The van der Waals surface area contributed by atoms with Crippen LogP contribution in [0, 0.1) is 0 Å². The standard InChI is InChI=1S/C23H21N3O5S/c1-30-19(27)11-13-26-21(20(25-23(26)32)16-4-2-3-12-24-16)18-10-9-17(31-18)14-5-7-15(8-6-14)22(28)29/h2-10,12,20-21H,11,13H2,1H3,(H,25,32)(H,28,29)/t20-,21-/m1/s1. The van der Waals surface area contributed by atoms with Gasteiger partial charge in [0.2, 0.25) is 0 Å². The van der Waals surface area contributed by atoms with Gasteiger partial charge in [0.15, 0.2) is 5.11 Å². The first kappa shape index (κ1) is 21.5. The summed E-state index contributed by atoms with van der Waals surface area (Å²) in [6.07, 6.45) is 1.89. The van der Waals surface area contributed by atoms with Gasteiger partial charge in [-0.15, -0.1) is 0 Å². The van der Waals surface area contributed by atoms with Gasteiger partial charge in [-0.1, -0.05) is 18.2 Å². The third-order valence-corrected chi connectivity index (χ3v) is 5.67. The molecule has 0 saturated carbocycles. The summed E-state index contributed by atoms with van der Waals surface area (Å²) in [6, 6.07) is 15.2. The van der Waals surface area contributed by atoms with Crippen molar-refractivity contribution in [1.82, 2.24) is 15.2 Å². The second-order valence-electron chi connectivity index (χ2n) is 7.23. The molecule has 1 aliphatic heterocycles. The van der Waals surface area contributed by atoms with Gasteiger partial charge >= 0.3 is 11.9 Å². The fraction of sp³-hybridized carbons (Fsp3) is 0.217. The number of aromatic carboxylic acids is 1. The van der Waals surface area contributed by atoms with E-state index in [2.05, 4.69) is 10.3 Å². The molecule has 0 spiro atoms. The van der Waals surface area contributed by atoms with Crippen molar-refractivity contribution in [3.63, 3.8) is 0 Å². The SMILES string of the molecule is COC(=O)CCN1C(=S)N[C@H](c2ccccn2)[C@H]1c1ccc(-c2ccc(C(=O)O)cc2)o1. The van der Waals surface area contributed by atoms with Crippen LogP contribution in [0.4, 0.5) is 0 Å². The average Bonchev–Trinajstić information content (AvgIpc) is 3.42. The molecule has 164 valence electrons. The number of carboxylic acids is 1. The molecule has 2 aromatic heterocycles. The predicted molar refractivity (Wildman–Crippen MR) is 120 cm³/mol. The molecule has 4 rings (SSSR count). The second-order valence-corrected chi connectivity index (χ2v) is 7.62. The predicted octanol–water partition coefficient (Wildman–Crippen LogP) is 3.58. The lowest BCUT2D eigenvalue weighted by atomic mass is 10.0. The van der Waals surface area contributed by atoms with Crippen LogP contribution in [0.2, 0.25) is 0 Å². The van der Waals surface area contributed by atoms with E-state index in [0.717, 1.165) is 11.3 Å². The number of benzene rings is 1. The largest absolute Gasteiger partial charge is 0.478 e. The van der Waals surface area contributed by atoms with Crippen LogP contribution in [0.15, 0.2) is 65.2 Å². The van der Waals surface area contributed by atoms with Crippen molar-refractivity contribution in [1.29, 1.82) is 0 Å². The molecule has 0 aliphatic carbocycles. The molecule has 1 saturated heterocycles. The highest BCUT2D eigenvalue weighted by Crippen LogP contribution is 2.40. The van der Waals surface area contributed by atoms with Gasteiger partial charge in [-0.2, -0.15) is 0 Å². The van der Waals surface area contributed by atoms with E-state index >= 15 is 0 Å². The number of carboxylic acid groups (broad SMARTS) is 1. The summed E-state index contributed by atoms with van der Waals surface area (Å²) in [4.78, 5) is 29.2. The van der Waals surface area contributed by atoms with E-state index < -0.39 is 5.97 Å². The summed E-state index contributed by atoms with van der Waals surface area (Å²) in [5, 5.41) is 12.9. The van der Waals surface area contributed by atoms with Gasteiger partial charge in [0, 0.05) is 18.3 Å². The molecule has 1 aliphatic rings. The molecular weight excluding hydrogens is 430 g/mol. The first-order valence-electron chi connectivity index (χ1n) is 9.96. The Morgan fingerprint density at radius 3 is 2.62 bits per heavy atom. The summed E-state index contributed by atoms with van der Waals surface area (Å²) < 4.78 is 11.0. The lowest BCUT2D eigenvalue weighted by molar-refractivity contribution is -0.140. The van der Waals surface area contributed by atoms with Crippen molar-refractivity contribution in [3.8, 4) is 11.3 Å². The first-order valence-corrected chi connectivity index (χ1v) is 10.4. The zero-order valence-corrected chi connectivity index (χ0v) is 18.0. The number of pyridine rings is 1. The van der Waals surface area contributed by atoms with Crippen molar-refractivity contribution in [3.05, 3.63) is 77.8 Å². The Kier molecular flexibility index (Phi) is 6.18. The molecule has 0 unspecified atom stereocenters. The van der Waals surface area contributed by atoms with Crippen LogP contribution < -0.4 is 5.32 Å². The van der Waals surface area contributed by atoms with Crippen molar-refractivity contribution < 1.29 is 23.8 Å². The van der Waals surface area contributed by atoms with Crippen LogP contribution in [-0.4, -0.2) is 45.7 Å². The van der Waals surface area contributed by atoms with Crippen molar-refractivity contribution >= 4 is 29.3 Å². The molecule has 0 bridgehead atoms. The lowest BCUT2D eigenvalue weighted by Gasteiger charge is -2.25. The number of ether oxygens (including phenoxy) is 1. The maximum absolute atomic E-state index is 11.7. The van der Waals surface area contributed by atoms with E-state index in [1.807, 2.05) is 35.2 Å². The molecular formula is C23H21N3O5S. The Hall–Kier alpha value is -3.72. The lowest BCUT2D eigenvalue weighted by Crippen LogP contribution is -2.31. The summed E-state index contributed by atoms with van der Waals surface area (Å²) in [5.74, 6) is -0.0641. The number of furan rings is 1. The van der Waals surface area contributed by atoms with Crippen molar-refractivity contribution in [2.45, 2.75) is 18.5 Å². The fourth-order valence-corrected chi connectivity index (χ4v) is 4.04. The van der Waals surface area contributed by atoms with Gasteiger partial charge in [0.05, 0.1) is 30.8 Å². The van der Waals surface area contributed by atoms with Crippen LogP contribution in [-0.2, 0) is 9.53 Å². The minimum absolute atomic E-state index is 0.175. The molecule has 0 amide bonds. The molecule has 3 heterocycles. The van der Waals surface area contributed by atoms with Gasteiger partial charge in [-0.05, 0) is 48.6 Å². The number of hydrogen-bond acceptors (Lipinski definition) is 6. The van der Waals surface area contributed by atoms with Crippen LogP contribution in [0.5, 0.6) is 0 Å². The highest BCUT2D eigenvalue weighted by Gasteiger charge is 2.41. The van der Waals surface area contributed by atoms with E-state index in [1.165, 1.54) is 19.2 Å². The molecule has 2 N–H and O–H groups in total. The maximum Gasteiger partial charge on any atom is 0.335 e. The van der Waals surface area contributed by atoms with E-state index in [-0.39, 0.29) is 30.0 Å². The number of thiocarbonyl (C=S) groups is 1. The number of nitrogens with zero attached hydrogens (tertiary/aromatic N) is 2. The van der Waals surface area contributed by atoms with Crippen molar-refractivity contribution in [2.24, 2.45) is 0 Å². The monoisotopic (exact) mass is 451 g/mol. The highest BCUT2D eigenvalue weighted by atomic mass is 32.1. The summed E-state index contributed by atoms with van der Waals surface area (Å²) in [5.41, 5.74) is 1.75. The van der Waals surface area contributed by atoms with Crippen LogP contribution >= 0.6 is 12.2 Å². The zero-order chi connectivity index (χ0) is 22.7. The Bertz CT molecular complexity index is 1130. The third-order valence-electron chi connectivity index (χ3n) is 5.32. The van der Waals surface area contributed by atoms with E-state index in [9.17, 15) is 9.59 Å². The van der Waals surface area contributed by atoms with E-state index in [0.29, 0.717) is 23.2 Å². The summed E-state index contributed by atoms with van der Waals surface area (Å²) in [7, 11) is 1.35. The number of nitrogens with one attached hydrogen (secondary N) is 1. The Morgan fingerprint density at radius 2 is 1.97 bits per heavy atom. The molecule has 0 radical (unpaired) electrons. The van der Waals surface area contributed by atoms with Gasteiger partial charge in [-0.25, -0.2) is 4.79 Å². The minimum atomic E-state index is -0.985. The number of carbonyl (C=O) groups excluding carboxylic acids is 1. The first-order chi connectivity index (χ1) is 15.5. The molecule has 8 nitrogen and oxygen atoms in total. The third kappa shape index (κ3) is 4.33. The van der Waals surface area contributed by atoms with Gasteiger partial charge in [-0.3, -0.25) is 9.78 Å². The Labute approximate surface area is 189 Å². The Balaban J connectivity index is 1.67. The number of carbonyl (C=O) groups is 2. The van der Waals surface area contributed by atoms with Crippen molar-refractivity contribution in [2.75, 3.05) is 13.7 Å². The van der Waals surface area contributed by atoms with Crippen LogP contribution in [0.1, 0.15) is 40.3 Å². The van der Waals surface area contributed by atoms with E-state index in [1.54, 1.807) is 18.3 Å². The number of hydrogen-bond donors (Lipinski definition) is 2. The molecule has 9 heteroatoms. The molecule has 1 fully saturated rings. The van der Waals surface area contributed by atoms with Crippen LogP contribution in [0.25, 0.3) is 11.3 Å². The number of esters is 1. The minimum Gasteiger partial charge on any atom is -0.478 e. The topological polar surface area (TPSA) is 105 Å². The fourth-order valence-electron chi connectivity index (χ4n) is 3.71.